The lowest BCUT2D eigenvalue weighted by Gasteiger charge is -1.99. The number of primary amides is 1. The van der Waals surface area contributed by atoms with Gasteiger partial charge in [-0.15, -0.1) is 12.4 Å². The van der Waals surface area contributed by atoms with Crippen LogP contribution in [0.25, 0.3) is 0 Å². The molecule has 1 aromatic carbocycles. The Labute approximate surface area is 86.9 Å². The third-order valence-electron chi connectivity index (χ3n) is 2.02. The molecular weight excluding hydrogens is 204 g/mol. The van der Waals surface area contributed by atoms with Crippen molar-refractivity contribution in [3.05, 3.63) is 29.3 Å². The lowest BCUT2D eigenvalue weighted by atomic mass is 10.1. The number of halogens is 1. The molecule has 0 aliphatic carbocycles. The molecule has 0 spiro atoms. The average molecular weight is 213 g/mol. The van der Waals surface area contributed by atoms with Crippen LogP contribution < -0.4 is 11.1 Å². The maximum atomic E-state index is 11.0. The Kier molecular flexibility index (Phi) is 2.76. The Hall–Kier alpha value is -1.55. The van der Waals surface area contributed by atoms with Crippen molar-refractivity contribution in [2.75, 3.05) is 5.32 Å². The van der Waals surface area contributed by atoms with Crippen molar-refractivity contribution in [2.45, 2.75) is 6.42 Å². The number of benzene rings is 1. The van der Waals surface area contributed by atoms with Crippen LogP contribution in [0.2, 0.25) is 0 Å². The zero-order valence-electron chi connectivity index (χ0n) is 7.24. The fraction of sp³-hybridized carbons (Fsp3) is 0.111. The van der Waals surface area contributed by atoms with E-state index in [-0.39, 0.29) is 18.3 Å². The average Bonchev–Trinajstić information content (AvgIpc) is 2.42. The van der Waals surface area contributed by atoms with Gasteiger partial charge in [-0.2, -0.15) is 0 Å². The van der Waals surface area contributed by atoms with E-state index in [1.807, 2.05) is 0 Å². The summed E-state index contributed by atoms with van der Waals surface area (Å²) < 4.78 is 0. The van der Waals surface area contributed by atoms with E-state index in [2.05, 4.69) is 5.32 Å². The number of carbonyl (C=O) groups excluding carboxylic acids is 2. The van der Waals surface area contributed by atoms with Crippen LogP contribution in [0, 0.1) is 0 Å². The first-order chi connectivity index (χ1) is 6.16. The molecule has 0 fully saturated rings. The molecule has 1 aromatic rings. The highest BCUT2D eigenvalue weighted by molar-refractivity contribution is 6.01. The lowest BCUT2D eigenvalue weighted by molar-refractivity contribution is -0.115. The van der Waals surface area contributed by atoms with Crippen molar-refractivity contribution in [2.24, 2.45) is 5.73 Å². The van der Waals surface area contributed by atoms with E-state index in [1.165, 1.54) is 0 Å². The second-order valence-corrected chi connectivity index (χ2v) is 2.96. The number of amides is 2. The molecule has 2 rings (SSSR count). The summed E-state index contributed by atoms with van der Waals surface area (Å²) in [6, 6.07) is 4.97. The summed E-state index contributed by atoms with van der Waals surface area (Å²) in [5.74, 6) is -0.527. The number of anilines is 1. The molecule has 2 amide bonds. The Balaban J connectivity index is 0.000000980. The molecule has 0 atom stereocenters. The molecule has 3 N–H and O–H groups in total. The smallest absolute Gasteiger partial charge is 0.248 e. The zero-order chi connectivity index (χ0) is 9.42. The summed E-state index contributed by atoms with van der Waals surface area (Å²) in [4.78, 5) is 21.7. The number of carbonyl (C=O) groups is 2. The van der Waals surface area contributed by atoms with Crippen LogP contribution in [0.1, 0.15) is 15.9 Å². The van der Waals surface area contributed by atoms with Crippen LogP contribution in [0.4, 0.5) is 5.69 Å². The largest absolute Gasteiger partial charge is 0.366 e. The van der Waals surface area contributed by atoms with Crippen LogP contribution in [0.3, 0.4) is 0 Å². The third kappa shape index (κ3) is 1.70. The van der Waals surface area contributed by atoms with Crippen molar-refractivity contribution in [1.29, 1.82) is 0 Å². The molecule has 0 saturated carbocycles. The molecule has 5 heteroatoms. The molecule has 1 aliphatic rings. The first kappa shape index (κ1) is 10.5. The van der Waals surface area contributed by atoms with Gasteiger partial charge in [0, 0.05) is 11.3 Å². The van der Waals surface area contributed by atoms with Gasteiger partial charge < -0.3 is 11.1 Å². The molecule has 0 saturated heterocycles. The molecule has 0 aromatic heterocycles. The van der Waals surface area contributed by atoms with Gasteiger partial charge in [-0.05, 0) is 17.7 Å². The second kappa shape index (κ2) is 3.67. The van der Waals surface area contributed by atoms with Crippen molar-refractivity contribution in [1.82, 2.24) is 0 Å². The van der Waals surface area contributed by atoms with E-state index < -0.39 is 5.91 Å². The van der Waals surface area contributed by atoms with Crippen molar-refractivity contribution in [3.8, 4) is 0 Å². The standard InChI is InChI=1S/C9H8N2O2.ClH/c10-9(13)6-2-1-5-4-8(12)11-7(5)3-6;/h1-3H,4H2,(H2,10,13)(H,11,12);1H. The quantitative estimate of drug-likeness (QED) is 0.720. The topological polar surface area (TPSA) is 72.2 Å². The van der Waals surface area contributed by atoms with Gasteiger partial charge in [-0.3, -0.25) is 9.59 Å². The maximum Gasteiger partial charge on any atom is 0.248 e. The lowest BCUT2D eigenvalue weighted by Crippen LogP contribution is -2.11. The monoisotopic (exact) mass is 212 g/mol. The minimum atomic E-state index is -0.482. The van der Waals surface area contributed by atoms with E-state index in [0.717, 1.165) is 5.56 Å². The van der Waals surface area contributed by atoms with Crippen LogP contribution in [0.5, 0.6) is 0 Å². The number of hydrogen-bond acceptors (Lipinski definition) is 2. The summed E-state index contributed by atoms with van der Waals surface area (Å²) >= 11 is 0. The normalized spacial score (nSPS) is 12.7. The maximum absolute atomic E-state index is 11.0. The molecule has 1 aliphatic heterocycles. The van der Waals surface area contributed by atoms with Gasteiger partial charge in [-0.1, -0.05) is 6.07 Å². The minimum Gasteiger partial charge on any atom is -0.366 e. The van der Waals surface area contributed by atoms with E-state index >= 15 is 0 Å². The van der Waals surface area contributed by atoms with Gasteiger partial charge in [-0.25, -0.2) is 0 Å². The van der Waals surface area contributed by atoms with Crippen LogP contribution in [-0.4, -0.2) is 11.8 Å². The van der Waals surface area contributed by atoms with E-state index in [0.29, 0.717) is 17.7 Å². The number of hydrogen-bond donors (Lipinski definition) is 2. The molecule has 4 nitrogen and oxygen atoms in total. The second-order valence-electron chi connectivity index (χ2n) is 2.96. The minimum absolute atomic E-state index is 0. The number of nitrogens with two attached hydrogens (primary N) is 1. The summed E-state index contributed by atoms with van der Waals surface area (Å²) in [5.41, 5.74) is 7.12. The fourth-order valence-corrected chi connectivity index (χ4v) is 1.37. The Bertz CT molecular complexity index is 404. The summed E-state index contributed by atoms with van der Waals surface area (Å²) in [5, 5.41) is 2.65. The Morgan fingerprint density at radius 2 is 2.14 bits per heavy atom. The SMILES string of the molecule is Cl.NC(=O)c1ccc2c(c1)NC(=O)C2. The highest BCUT2D eigenvalue weighted by Gasteiger charge is 2.17. The van der Waals surface area contributed by atoms with Gasteiger partial charge >= 0.3 is 0 Å². The highest BCUT2D eigenvalue weighted by Crippen LogP contribution is 2.23. The van der Waals surface area contributed by atoms with Crippen LogP contribution >= 0.6 is 12.4 Å². The van der Waals surface area contributed by atoms with Gasteiger partial charge in [0.25, 0.3) is 0 Å². The summed E-state index contributed by atoms with van der Waals surface area (Å²) in [6.07, 6.45) is 0.383. The number of rotatable bonds is 1. The van der Waals surface area contributed by atoms with E-state index in [1.54, 1.807) is 18.2 Å². The predicted molar refractivity (Wildman–Crippen MR) is 54.5 cm³/mol. The fourth-order valence-electron chi connectivity index (χ4n) is 1.37. The van der Waals surface area contributed by atoms with Crippen LogP contribution in [0.15, 0.2) is 18.2 Å². The Morgan fingerprint density at radius 1 is 1.43 bits per heavy atom. The first-order valence-corrected chi connectivity index (χ1v) is 3.89. The summed E-state index contributed by atoms with van der Waals surface area (Å²) in [6.45, 7) is 0. The zero-order valence-corrected chi connectivity index (χ0v) is 8.06. The van der Waals surface area contributed by atoms with Crippen molar-refractivity contribution in [3.63, 3.8) is 0 Å². The first-order valence-electron chi connectivity index (χ1n) is 3.89. The van der Waals surface area contributed by atoms with Gasteiger partial charge in [0.15, 0.2) is 0 Å². The molecule has 14 heavy (non-hydrogen) atoms. The van der Waals surface area contributed by atoms with Crippen molar-refractivity contribution < 1.29 is 9.59 Å². The molecule has 0 radical (unpaired) electrons. The molecular formula is C9H9ClN2O2. The van der Waals surface area contributed by atoms with Gasteiger partial charge in [0.1, 0.15) is 0 Å². The number of nitrogens with one attached hydrogen (secondary N) is 1. The molecule has 74 valence electrons. The third-order valence-corrected chi connectivity index (χ3v) is 2.02. The van der Waals surface area contributed by atoms with Gasteiger partial charge in [0.2, 0.25) is 11.8 Å². The van der Waals surface area contributed by atoms with E-state index in [4.69, 9.17) is 5.73 Å². The van der Waals surface area contributed by atoms with E-state index in [9.17, 15) is 9.59 Å². The predicted octanol–water partition coefficient (Wildman–Crippen LogP) is 0.702. The van der Waals surface area contributed by atoms with Crippen LogP contribution in [-0.2, 0) is 11.2 Å². The number of fused-ring (bicyclic) bond motifs is 1. The molecule has 0 unspecified atom stereocenters. The highest BCUT2D eigenvalue weighted by atomic mass is 35.5. The molecule has 0 bridgehead atoms. The van der Waals surface area contributed by atoms with Gasteiger partial charge in [0.05, 0.1) is 6.42 Å². The van der Waals surface area contributed by atoms with Crippen molar-refractivity contribution >= 4 is 29.9 Å². The molecule has 1 heterocycles. The Morgan fingerprint density at radius 3 is 2.79 bits per heavy atom. The summed E-state index contributed by atoms with van der Waals surface area (Å²) in [7, 11) is 0.